The first kappa shape index (κ1) is 21.0. The number of hydrogen-bond donors (Lipinski definition) is 0. The first-order valence-corrected chi connectivity index (χ1v) is 10.2. The highest BCUT2D eigenvalue weighted by Gasteiger charge is 2.51. The Balaban J connectivity index is 1.63. The molecular formula is C22H28N2O5. The van der Waals surface area contributed by atoms with Crippen molar-refractivity contribution in [2.24, 2.45) is 11.8 Å². The second kappa shape index (κ2) is 8.76. The summed E-state index contributed by atoms with van der Waals surface area (Å²) in [4.78, 5) is 53.1. The molecule has 7 heteroatoms. The maximum absolute atomic E-state index is 12.7. The lowest BCUT2D eigenvalue weighted by Crippen LogP contribution is -2.46. The zero-order valence-corrected chi connectivity index (χ0v) is 17.2. The van der Waals surface area contributed by atoms with E-state index in [9.17, 15) is 19.2 Å². The molecule has 0 bridgehead atoms. The third-order valence-electron chi connectivity index (χ3n) is 5.76. The molecule has 1 aromatic rings. The standard InChI is InChI=1S/C22H28N2O5/c1-14(2)23(16-9-5-4-6-10-16)19(25)13-29-22(28)15(3)24-20(26)17-11-7-8-12-18(17)21(24)27/h4-6,9-10,14-15,17-18H,7-8,11-13H2,1-3H3. The van der Waals surface area contributed by atoms with E-state index in [1.54, 1.807) is 4.90 Å². The van der Waals surface area contributed by atoms with Gasteiger partial charge in [-0.2, -0.15) is 0 Å². The molecule has 3 atom stereocenters. The number of carbonyl (C=O) groups excluding carboxylic acids is 4. The maximum atomic E-state index is 12.7. The van der Waals surface area contributed by atoms with Crippen molar-refractivity contribution in [1.29, 1.82) is 0 Å². The predicted octanol–water partition coefficient (Wildman–Crippen LogP) is 2.53. The Morgan fingerprint density at radius 1 is 1.03 bits per heavy atom. The van der Waals surface area contributed by atoms with Crippen molar-refractivity contribution in [2.45, 2.75) is 58.5 Å². The highest BCUT2D eigenvalue weighted by molar-refractivity contribution is 6.08. The zero-order chi connectivity index (χ0) is 21.1. The van der Waals surface area contributed by atoms with E-state index >= 15 is 0 Å². The molecular weight excluding hydrogens is 372 g/mol. The summed E-state index contributed by atoms with van der Waals surface area (Å²) in [6.45, 7) is 4.79. The quantitative estimate of drug-likeness (QED) is 0.541. The largest absolute Gasteiger partial charge is 0.454 e. The first-order chi connectivity index (χ1) is 13.8. The van der Waals surface area contributed by atoms with Crippen LogP contribution in [0.3, 0.4) is 0 Å². The fourth-order valence-corrected chi connectivity index (χ4v) is 4.32. The highest BCUT2D eigenvalue weighted by Crippen LogP contribution is 2.38. The van der Waals surface area contributed by atoms with Crippen LogP contribution in [0.25, 0.3) is 0 Å². The van der Waals surface area contributed by atoms with Gasteiger partial charge in [0, 0.05) is 11.7 Å². The van der Waals surface area contributed by atoms with Gasteiger partial charge in [-0.3, -0.25) is 19.3 Å². The molecule has 3 unspecified atom stereocenters. The van der Waals surface area contributed by atoms with E-state index in [0.717, 1.165) is 17.7 Å². The summed E-state index contributed by atoms with van der Waals surface area (Å²) in [5.74, 6) is -2.31. The van der Waals surface area contributed by atoms with Crippen LogP contribution >= 0.6 is 0 Å². The van der Waals surface area contributed by atoms with Gasteiger partial charge in [0.1, 0.15) is 6.04 Å². The topological polar surface area (TPSA) is 84.0 Å². The van der Waals surface area contributed by atoms with Crippen molar-refractivity contribution in [1.82, 2.24) is 4.90 Å². The number of likely N-dealkylation sites (tertiary alicyclic amines) is 1. The first-order valence-electron chi connectivity index (χ1n) is 10.2. The summed E-state index contributed by atoms with van der Waals surface area (Å²) in [6, 6.07) is 7.99. The molecule has 3 rings (SSSR count). The summed E-state index contributed by atoms with van der Waals surface area (Å²) in [5.41, 5.74) is 0.713. The highest BCUT2D eigenvalue weighted by atomic mass is 16.5. The molecule has 1 aliphatic heterocycles. The number of rotatable bonds is 6. The summed E-state index contributed by atoms with van der Waals surface area (Å²) < 4.78 is 5.20. The second-order valence-electron chi connectivity index (χ2n) is 8.02. The van der Waals surface area contributed by atoms with Crippen molar-refractivity contribution in [3.05, 3.63) is 30.3 Å². The molecule has 2 aliphatic rings. The molecule has 29 heavy (non-hydrogen) atoms. The van der Waals surface area contributed by atoms with Crippen LogP contribution in [0.1, 0.15) is 46.5 Å². The number of benzene rings is 1. The lowest BCUT2D eigenvalue weighted by atomic mass is 9.81. The van der Waals surface area contributed by atoms with E-state index in [4.69, 9.17) is 4.74 Å². The average molecular weight is 400 g/mol. The molecule has 1 saturated carbocycles. The van der Waals surface area contributed by atoms with E-state index in [-0.39, 0.29) is 35.6 Å². The number of amides is 3. The minimum absolute atomic E-state index is 0.120. The van der Waals surface area contributed by atoms with Crippen LogP contribution in [0.4, 0.5) is 5.69 Å². The summed E-state index contributed by atoms with van der Waals surface area (Å²) in [6.07, 6.45) is 3.22. The Hall–Kier alpha value is -2.70. The Morgan fingerprint density at radius 3 is 2.10 bits per heavy atom. The number of ether oxygens (including phenoxy) is 1. The van der Waals surface area contributed by atoms with Gasteiger partial charge in [0.2, 0.25) is 11.8 Å². The van der Waals surface area contributed by atoms with E-state index in [1.807, 2.05) is 44.2 Å². The molecule has 0 spiro atoms. The van der Waals surface area contributed by atoms with Crippen LogP contribution < -0.4 is 4.90 Å². The van der Waals surface area contributed by atoms with Gasteiger partial charge in [0.15, 0.2) is 6.61 Å². The molecule has 1 heterocycles. The van der Waals surface area contributed by atoms with E-state index in [2.05, 4.69) is 0 Å². The molecule has 0 N–H and O–H groups in total. The predicted molar refractivity (Wildman–Crippen MR) is 107 cm³/mol. The molecule has 2 fully saturated rings. The number of para-hydroxylation sites is 1. The second-order valence-corrected chi connectivity index (χ2v) is 8.02. The van der Waals surface area contributed by atoms with E-state index in [0.29, 0.717) is 18.5 Å². The van der Waals surface area contributed by atoms with Gasteiger partial charge in [-0.15, -0.1) is 0 Å². The van der Waals surface area contributed by atoms with Crippen LogP contribution in [-0.4, -0.2) is 47.3 Å². The number of hydrogen-bond acceptors (Lipinski definition) is 5. The molecule has 0 radical (unpaired) electrons. The van der Waals surface area contributed by atoms with Gasteiger partial charge in [0.05, 0.1) is 11.8 Å². The van der Waals surface area contributed by atoms with Gasteiger partial charge < -0.3 is 9.64 Å². The fraction of sp³-hybridized carbons (Fsp3) is 0.545. The minimum Gasteiger partial charge on any atom is -0.454 e. The Kier molecular flexibility index (Phi) is 6.35. The number of anilines is 1. The van der Waals surface area contributed by atoms with Crippen molar-refractivity contribution in [2.75, 3.05) is 11.5 Å². The van der Waals surface area contributed by atoms with Gasteiger partial charge in [-0.1, -0.05) is 31.0 Å². The number of fused-ring (bicyclic) bond motifs is 1. The monoisotopic (exact) mass is 400 g/mol. The van der Waals surface area contributed by atoms with Crippen molar-refractivity contribution >= 4 is 29.4 Å². The fourth-order valence-electron chi connectivity index (χ4n) is 4.32. The van der Waals surface area contributed by atoms with Crippen LogP contribution in [0.15, 0.2) is 30.3 Å². The van der Waals surface area contributed by atoms with Crippen molar-refractivity contribution < 1.29 is 23.9 Å². The van der Waals surface area contributed by atoms with Crippen LogP contribution in [0.5, 0.6) is 0 Å². The van der Waals surface area contributed by atoms with Gasteiger partial charge in [-0.05, 0) is 45.7 Å². The number of imide groups is 1. The molecule has 1 aliphatic carbocycles. The SMILES string of the molecule is CC(C(=O)OCC(=O)N(c1ccccc1)C(C)C)N1C(=O)C2CCCCC2C1=O. The van der Waals surface area contributed by atoms with E-state index in [1.165, 1.54) is 6.92 Å². The van der Waals surface area contributed by atoms with Gasteiger partial charge >= 0.3 is 5.97 Å². The Labute approximate surface area is 171 Å². The maximum Gasteiger partial charge on any atom is 0.329 e. The van der Waals surface area contributed by atoms with Gasteiger partial charge in [-0.25, -0.2) is 4.79 Å². The summed E-state index contributed by atoms with van der Waals surface area (Å²) in [7, 11) is 0. The molecule has 0 aromatic heterocycles. The molecule has 3 amide bonds. The third kappa shape index (κ3) is 4.18. The smallest absolute Gasteiger partial charge is 0.329 e. The summed E-state index contributed by atoms with van der Waals surface area (Å²) >= 11 is 0. The number of esters is 1. The summed E-state index contributed by atoms with van der Waals surface area (Å²) in [5, 5.41) is 0. The van der Waals surface area contributed by atoms with E-state index < -0.39 is 18.6 Å². The van der Waals surface area contributed by atoms with Crippen molar-refractivity contribution in [3.8, 4) is 0 Å². The van der Waals surface area contributed by atoms with Gasteiger partial charge in [0.25, 0.3) is 5.91 Å². The number of carbonyl (C=O) groups is 4. The van der Waals surface area contributed by atoms with Crippen LogP contribution in [0, 0.1) is 11.8 Å². The Morgan fingerprint density at radius 2 is 1.59 bits per heavy atom. The molecule has 1 saturated heterocycles. The third-order valence-corrected chi connectivity index (χ3v) is 5.76. The molecule has 7 nitrogen and oxygen atoms in total. The molecule has 156 valence electrons. The minimum atomic E-state index is -1.03. The van der Waals surface area contributed by atoms with Crippen molar-refractivity contribution in [3.63, 3.8) is 0 Å². The Bertz CT molecular complexity index is 768. The zero-order valence-electron chi connectivity index (χ0n) is 17.2. The van der Waals surface area contributed by atoms with Crippen LogP contribution in [0.2, 0.25) is 0 Å². The normalized spacial score (nSPS) is 22.4. The lowest BCUT2D eigenvalue weighted by molar-refractivity contribution is -0.159. The lowest BCUT2D eigenvalue weighted by Gasteiger charge is -2.27. The molecule has 1 aromatic carbocycles. The van der Waals surface area contributed by atoms with Crippen LogP contribution in [-0.2, 0) is 23.9 Å². The average Bonchev–Trinajstić information content (AvgIpc) is 2.97. The number of nitrogens with zero attached hydrogens (tertiary/aromatic N) is 2.